The van der Waals surface area contributed by atoms with Gasteiger partial charge in [-0.1, -0.05) is 121 Å². The van der Waals surface area contributed by atoms with E-state index in [1.54, 1.807) is 0 Å². The highest BCUT2D eigenvalue weighted by molar-refractivity contribution is 6.06. The van der Waals surface area contributed by atoms with Crippen molar-refractivity contribution in [2.24, 2.45) is 4.99 Å². The van der Waals surface area contributed by atoms with Gasteiger partial charge in [0.2, 0.25) is 0 Å². The van der Waals surface area contributed by atoms with Crippen LogP contribution in [0, 0.1) is 13.8 Å². The Balaban J connectivity index is 1.30. The van der Waals surface area contributed by atoms with E-state index in [9.17, 15) is 0 Å². The van der Waals surface area contributed by atoms with Gasteiger partial charge in [-0.3, -0.25) is 4.99 Å². The molecule has 0 N–H and O–H groups in total. The second kappa shape index (κ2) is 10.6. The van der Waals surface area contributed by atoms with Crippen LogP contribution in [0.3, 0.4) is 0 Å². The lowest BCUT2D eigenvalue weighted by molar-refractivity contribution is 1.38. The van der Waals surface area contributed by atoms with Gasteiger partial charge in [0.25, 0.3) is 0 Å². The maximum atomic E-state index is 4.98. The Kier molecular flexibility index (Phi) is 6.65. The summed E-state index contributed by atoms with van der Waals surface area (Å²) in [6.07, 6.45) is 0. The van der Waals surface area contributed by atoms with Gasteiger partial charge in [-0.05, 0) is 88.2 Å². The summed E-state index contributed by atoms with van der Waals surface area (Å²) in [6, 6.07) is 47.7. The van der Waals surface area contributed by atoms with Crippen LogP contribution < -0.4 is 0 Å². The lowest BCUT2D eigenvalue weighted by Gasteiger charge is -2.14. The number of rotatable bonds is 5. The van der Waals surface area contributed by atoms with Crippen molar-refractivity contribution in [3.8, 4) is 33.4 Å². The van der Waals surface area contributed by atoms with E-state index in [0.717, 1.165) is 17.0 Å². The van der Waals surface area contributed by atoms with Crippen molar-refractivity contribution < 1.29 is 0 Å². The average Bonchev–Trinajstić information content (AvgIpc) is 2.98. The van der Waals surface area contributed by atoms with Gasteiger partial charge in [-0.15, -0.1) is 0 Å². The normalized spacial score (nSPS) is 11.6. The zero-order chi connectivity index (χ0) is 26.8. The number of nitrogens with zero attached hydrogens (tertiary/aromatic N) is 1. The largest absolute Gasteiger partial charge is 0.253 e. The standard InChI is InChI=1S/C38H31N/c1-26-10-4-9-15-38(26)39-28(3)36-13-7-8-14-37(36)35-23-22-33(24-27(35)2)30-16-18-31(19-17-30)34-21-20-29-11-5-6-12-32(29)25-34/h4-25H,1-3H3. The lowest BCUT2D eigenvalue weighted by Crippen LogP contribution is -1.99. The molecule has 0 spiro atoms. The van der Waals surface area contributed by atoms with Gasteiger partial charge in [0.1, 0.15) is 0 Å². The van der Waals surface area contributed by atoms with E-state index in [1.165, 1.54) is 55.3 Å². The molecule has 39 heavy (non-hydrogen) atoms. The summed E-state index contributed by atoms with van der Waals surface area (Å²) in [4.78, 5) is 4.98. The number of hydrogen-bond acceptors (Lipinski definition) is 1. The number of aliphatic imine (C=N–C) groups is 1. The molecule has 0 atom stereocenters. The minimum absolute atomic E-state index is 1.02. The van der Waals surface area contributed by atoms with E-state index < -0.39 is 0 Å². The molecule has 0 saturated heterocycles. The van der Waals surface area contributed by atoms with E-state index >= 15 is 0 Å². The monoisotopic (exact) mass is 501 g/mol. The van der Waals surface area contributed by atoms with Crippen molar-refractivity contribution >= 4 is 22.2 Å². The highest BCUT2D eigenvalue weighted by Gasteiger charge is 2.12. The van der Waals surface area contributed by atoms with Crippen molar-refractivity contribution in [2.45, 2.75) is 20.8 Å². The number of aryl methyl sites for hydroxylation is 2. The molecule has 188 valence electrons. The minimum atomic E-state index is 1.02. The zero-order valence-corrected chi connectivity index (χ0v) is 22.6. The fourth-order valence-electron chi connectivity index (χ4n) is 5.33. The van der Waals surface area contributed by atoms with Crippen LogP contribution in [0.2, 0.25) is 0 Å². The molecule has 1 nitrogen and oxygen atoms in total. The Morgan fingerprint density at radius 3 is 1.79 bits per heavy atom. The van der Waals surface area contributed by atoms with Crippen LogP contribution in [0.25, 0.3) is 44.2 Å². The maximum absolute atomic E-state index is 4.98. The maximum Gasteiger partial charge on any atom is 0.0662 e. The summed E-state index contributed by atoms with van der Waals surface area (Å²) in [7, 11) is 0. The summed E-state index contributed by atoms with van der Waals surface area (Å²) in [6.45, 7) is 6.41. The second-order valence-corrected chi connectivity index (χ2v) is 10.2. The number of benzene rings is 6. The van der Waals surface area contributed by atoms with Crippen LogP contribution >= 0.6 is 0 Å². The summed E-state index contributed by atoms with van der Waals surface area (Å²) in [5, 5.41) is 2.54. The van der Waals surface area contributed by atoms with E-state index in [2.05, 4.69) is 148 Å². The summed E-state index contributed by atoms with van der Waals surface area (Å²) in [5.41, 5.74) is 13.0. The first-order chi connectivity index (χ1) is 19.1. The molecule has 0 unspecified atom stereocenters. The van der Waals surface area contributed by atoms with Crippen LogP contribution in [0.4, 0.5) is 5.69 Å². The topological polar surface area (TPSA) is 12.4 Å². The van der Waals surface area contributed by atoms with Crippen LogP contribution in [-0.4, -0.2) is 5.71 Å². The highest BCUT2D eigenvalue weighted by atomic mass is 14.7. The first-order valence-electron chi connectivity index (χ1n) is 13.5. The van der Waals surface area contributed by atoms with E-state index in [1.807, 2.05) is 6.07 Å². The SMILES string of the molecule is CC(=Nc1ccccc1C)c1ccccc1-c1ccc(-c2ccc(-c3ccc4ccccc4c3)cc2)cc1C. The lowest BCUT2D eigenvalue weighted by atomic mass is 9.91. The quantitative estimate of drug-likeness (QED) is 0.208. The third-order valence-electron chi connectivity index (χ3n) is 7.54. The molecule has 0 radical (unpaired) electrons. The molecule has 0 saturated carbocycles. The van der Waals surface area contributed by atoms with Gasteiger partial charge in [-0.2, -0.15) is 0 Å². The fourth-order valence-corrected chi connectivity index (χ4v) is 5.33. The van der Waals surface area contributed by atoms with E-state index in [4.69, 9.17) is 4.99 Å². The Labute approximate surface area is 231 Å². The van der Waals surface area contributed by atoms with Crippen molar-refractivity contribution in [3.63, 3.8) is 0 Å². The van der Waals surface area contributed by atoms with Crippen molar-refractivity contribution in [3.05, 3.63) is 150 Å². The Hall–Kier alpha value is -4.75. The number of fused-ring (bicyclic) bond motifs is 1. The predicted octanol–water partition coefficient (Wildman–Crippen LogP) is 10.6. The van der Waals surface area contributed by atoms with Crippen LogP contribution in [0.5, 0.6) is 0 Å². The minimum Gasteiger partial charge on any atom is -0.253 e. The van der Waals surface area contributed by atoms with Gasteiger partial charge in [-0.25, -0.2) is 0 Å². The average molecular weight is 502 g/mol. The summed E-state index contributed by atoms with van der Waals surface area (Å²) >= 11 is 0. The fraction of sp³-hybridized carbons (Fsp3) is 0.0789. The third-order valence-corrected chi connectivity index (χ3v) is 7.54. The Morgan fingerprint density at radius 1 is 0.462 bits per heavy atom. The summed E-state index contributed by atoms with van der Waals surface area (Å²) < 4.78 is 0. The first-order valence-corrected chi connectivity index (χ1v) is 13.5. The van der Waals surface area contributed by atoms with Gasteiger partial charge in [0.15, 0.2) is 0 Å². The summed E-state index contributed by atoms with van der Waals surface area (Å²) in [5.74, 6) is 0. The third kappa shape index (κ3) is 5.04. The molecule has 6 aromatic carbocycles. The van der Waals surface area contributed by atoms with Crippen molar-refractivity contribution in [2.75, 3.05) is 0 Å². The number of para-hydroxylation sites is 1. The van der Waals surface area contributed by atoms with Gasteiger partial charge in [0.05, 0.1) is 5.69 Å². The molecule has 0 heterocycles. The van der Waals surface area contributed by atoms with Gasteiger partial charge >= 0.3 is 0 Å². The Morgan fingerprint density at radius 2 is 1.05 bits per heavy atom. The molecule has 1 heteroatoms. The molecule has 0 aliphatic rings. The van der Waals surface area contributed by atoms with Crippen molar-refractivity contribution in [1.82, 2.24) is 0 Å². The molecule has 0 fully saturated rings. The molecule has 0 bridgehead atoms. The molecule has 0 aliphatic carbocycles. The van der Waals surface area contributed by atoms with Crippen molar-refractivity contribution in [1.29, 1.82) is 0 Å². The first kappa shape index (κ1) is 24.6. The van der Waals surface area contributed by atoms with E-state index in [0.29, 0.717) is 0 Å². The molecule has 6 rings (SSSR count). The highest BCUT2D eigenvalue weighted by Crippen LogP contribution is 2.33. The van der Waals surface area contributed by atoms with Crippen LogP contribution in [-0.2, 0) is 0 Å². The molecular formula is C38H31N. The van der Waals surface area contributed by atoms with Gasteiger partial charge < -0.3 is 0 Å². The van der Waals surface area contributed by atoms with E-state index in [-0.39, 0.29) is 0 Å². The molecule has 0 amide bonds. The van der Waals surface area contributed by atoms with Gasteiger partial charge in [0, 0.05) is 11.3 Å². The Bertz CT molecular complexity index is 1820. The molecule has 6 aromatic rings. The molecular weight excluding hydrogens is 470 g/mol. The van der Waals surface area contributed by atoms with Crippen LogP contribution in [0.1, 0.15) is 23.6 Å². The smallest absolute Gasteiger partial charge is 0.0662 e. The predicted molar refractivity (Wildman–Crippen MR) is 168 cm³/mol. The number of hydrogen-bond donors (Lipinski definition) is 0. The van der Waals surface area contributed by atoms with Crippen LogP contribution in [0.15, 0.2) is 138 Å². The molecule has 0 aromatic heterocycles. The zero-order valence-electron chi connectivity index (χ0n) is 22.6. The second-order valence-electron chi connectivity index (χ2n) is 10.2. The molecule has 0 aliphatic heterocycles.